The third-order valence-corrected chi connectivity index (χ3v) is 11.9. The van der Waals surface area contributed by atoms with Crippen LogP contribution in [0.5, 0.6) is 0 Å². The minimum absolute atomic E-state index is 0.112. The Morgan fingerprint density at radius 2 is 1.24 bits per heavy atom. The second kappa shape index (κ2) is 14.2. The van der Waals surface area contributed by atoms with Gasteiger partial charge in [0, 0.05) is 32.1 Å². The zero-order chi connectivity index (χ0) is 31.2. The molecule has 4 atom stereocenters. The summed E-state index contributed by atoms with van der Waals surface area (Å²) in [5.41, 5.74) is 2.45. The van der Waals surface area contributed by atoms with Crippen LogP contribution in [0.2, 0.25) is 0 Å². The average molecular weight is 633 g/mol. The van der Waals surface area contributed by atoms with Crippen LogP contribution in [0.1, 0.15) is 67.2 Å². The van der Waals surface area contributed by atoms with Crippen molar-refractivity contribution in [3.05, 3.63) is 144 Å². The highest BCUT2D eigenvalue weighted by Crippen LogP contribution is 2.50. The standard InChI is InChI=1S/C41H46NO3S/c43-40(44-38-25-14-29-42(38)36-23-13-24-37(42)27-26-36)41(34-19-9-3-10-20-34,35-21-11-4-12-22-35)45-39(31-33-17-7-2-8-18-33)46-30-28-32-15-5-1-6-16-32/h1-12,15-22,36-39H,13-14,23-31H2/q+1. The van der Waals surface area contributed by atoms with Gasteiger partial charge in [-0.25, -0.2) is 4.79 Å². The Kier molecular flexibility index (Phi) is 9.62. The van der Waals surface area contributed by atoms with Gasteiger partial charge in [0.05, 0.1) is 18.6 Å². The van der Waals surface area contributed by atoms with Gasteiger partial charge in [0.2, 0.25) is 11.8 Å². The Morgan fingerprint density at radius 1 is 0.696 bits per heavy atom. The van der Waals surface area contributed by atoms with Gasteiger partial charge in [-0.2, -0.15) is 0 Å². The van der Waals surface area contributed by atoms with E-state index in [2.05, 4.69) is 54.6 Å². The van der Waals surface area contributed by atoms with Crippen molar-refractivity contribution in [1.29, 1.82) is 0 Å². The molecule has 3 aliphatic heterocycles. The average Bonchev–Trinajstić information content (AvgIpc) is 3.57. The van der Waals surface area contributed by atoms with Crippen LogP contribution in [-0.4, -0.2) is 46.5 Å². The lowest BCUT2D eigenvalue weighted by Gasteiger charge is -2.48. The zero-order valence-corrected chi connectivity index (χ0v) is 27.5. The Balaban J connectivity index is 1.26. The smallest absolute Gasteiger partial charge is 0.352 e. The van der Waals surface area contributed by atoms with Gasteiger partial charge in [-0.1, -0.05) is 121 Å². The first-order valence-corrected chi connectivity index (χ1v) is 18.3. The summed E-state index contributed by atoms with van der Waals surface area (Å²) < 4.78 is 15.2. The van der Waals surface area contributed by atoms with Crippen LogP contribution < -0.4 is 0 Å². The fourth-order valence-electron chi connectivity index (χ4n) is 8.67. The van der Waals surface area contributed by atoms with Crippen LogP contribution in [0.4, 0.5) is 0 Å². The number of nitrogens with zero attached hydrogens (tertiary/aromatic N) is 1. The van der Waals surface area contributed by atoms with Crippen molar-refractivity contribution in [3.63, 3.8) is 0 Å². The molecule has 46 heavy (non-hydrogen) atoms. The summed E-state index contributed by atoms with van der Waals surface area (Å²) in [6.07, 6.45) is 9.86. The molecule has 4 aromatic rings. The molecule has 0 radical (unpaired) electrons. The second-order valence-electron chi connectivity index (χ2n) is 13.3. The first kappa shape index (κ1) is 31.2. The molecule has 4 aromatic carbocycles. The molecular formula is C41H46NO3S+. The van der Waals surface area contributed by atoms with Gasteiger partial charge in [0.25, 0.3) is 0 Å². The largest absolute Gasteiger partial charge is 0.410 e. The lowest BCUT2D eigenvalue weighted by atomic mass is 9.85. The number of esters is 1. The summed E-state index contributed by atoms with van der Waals surface area (Å²) in [5.74, 6) is 0.600. The van der Waals surface area contributed by atoms with Crippen LogP contribution in [0.25, 0.3) is 0 Å². The van der Waals surface area contributed by atoms with Crippen molar-refractivity contribution >= 4 is 17.7 Å². The van der Waals surface area contributed by atoms with Crippen molar-refractivity contribution in [3.8, 4) is 0 Å². The normalized spacial score (nSPS) is 24.6. The van der Waals surface area contributed by atoms with E-state index < -0.39 is 5.60 Å². The highest BCUT2D eigenvalue weighted by molar-refractivity contribution is 7.99. The number of ether oxygens (including phenoxy) is 2. The molecular weight excluding hydrogens is 587 g/mol. The van der Waals surface area contributed by atoms with E-state index in [9.17, 15) is 0 Å². The number of carbonyl (C=O) groups is 1. The number of aryl methyl sites for hydroxylation is 1. The lowest BCUT2D eigenvalue weighted by Crippen LogP contribution is -2.63. The van der Waals surface area contributed by atoms with Gasteiger partial charge >= 0.3 is 5.97 Å². The van der Waals surface area contributed by atoms with Gasteiger partial charge in [-0.15, -0.1) is 11.8 Å². The summed E-state index contributed by atoms with van der Waals surface area (Å²) in [7, 11) is 0. The maximum absolute atomic E-state index is 15.2. The molecule has 0 aliphatic carbocycles. The first-order valence-electron chi connectivity index (χ1n) is 17.2. The molecule has 0 N–H and O–H groups in total. The Labute approximate surface area is 278 Å². The molecule has 3 aliphatic rings. The second-order valence-corrected chi connectivity index (χ2v) is 14.6. The van der Waals surface area contributed by atoms with Crippen molar-refractivity contribution in [2.24, 2.45) is 0 Å². The molecule has 3 saturated heterocycles. The number of hydrogen-bond acceptors (Lipinski definition) is 4. The van der Waals surface area contributed by atoms with E-state index in [-0.39, 0.29) is 17.6 Å². The van der Waals surface area contributed by atoms with Gasteiger partial charge < -0.3 is 9.47 Å². The van der Waals surface area contributed by atoms with E-state index in [4.69, 9.17) is 9.47 Å². The van der Waals surface area contributed by atoms with Crippen LogP contribution in [-0.2, 0) is 32.7 Å². The fraction of sp³-hybridized carbons (Fsp3) is 0.390. The Morgan fingerprint density at radius 3 is 1.83 bits per heavy atom. The topological polar surface area (TPSA) is 35.5 Å². The zero-order valence-electron chi connectivity index (χ0n) is 26.7. The monoisotopic (exact) mass is 632 g/mol. The highest BCUT2D eigenvalue weighted by atomic mass is 32.2. The van der Waals surface area contributed by atoms with Gasteiger partial charge in [0.15, 0.2) is 0 Å². The van der Waals surface area contributed by atoms with Crippen LogP contribution in [0.15, 0.2) is 121 Å². The predicted molar refractivity (Wildman–Crippen MR) is 186 cm³/mol. The number of piperidine rings is 1. The molecule has 0 saturated carbocycles. The van der Waals surface area contributed by atoms with Crippen molar-refractivity contribution < 1.29 is 18.8 Å². The third kappa shape index (κ3) is 6.17. The summed E-state index contributed by atoms with van der Waals surface area (Å²) in [6.45, 7) is 1.13. The number of benzene rings is 4. The van der Waals surface area contributed by atoms with E-state index in [1.165, 1.54) is 43.2 Å². The molecule has 238 valence electrons. The molecule has 2 bridgehead atoms. The van der Waals surface area contributed by atoms with Crippen molar-refractivity contribution in [2.45, 2.75) is 87.1 Å². The Hall–Kier alpha value is -3.38. The molecule has 1 spiro atoms. The molecule has 7 rings (SSSR count). The molecule has 4 unspecified atom stereocenters. The molecule has 5 heteroatoms. The van der Waals surface area contributed by atoms with E-state index >= 15 is 4.79 Å². The summed E-state index contributed by atoms with van der Waals surface area (Å²) in [6, 6.07) is 42.5. The fourth-order valence-corrected chi connectivity index (χ4v) is 9.81. The predicted octanol–water partition coefficient (Wildman–Crippen LogP) is 8.69. The summed E-state index contributed by atoms with van der Waals surface area (Å²) in [4.78, 5) is 15.2. The number of hydrogen-bond donors (Lipinski definition) is 0. The molecule has 0 aromatic heterocycles. The van der Waals surface area contributed by atoms with E-state index in [0.29, 0.717) is 18.5 Å². The Bertz CT molecular complexity index is 1490. The summed E-state index contributed by atoms with van der Waals surface area (Å²) >= 11 is 1.79. The number of quaternary nitrogens is 1. The number of carbonyl (C=O) groups excluding carboxylic acids is 1. The van der Waals surface area contributed by atoms with Gasteiger partial charge in [-0.05, 0) is 53.7 Å². The van der Waals surface area contributed by atoms with E-state index in [0.717, 1.165) is 47.2 Å². The third-order valence-electron chi connectivity index (χ3n) is 10.8. The summed E-state index contributed by atoms with van der Waals surface area (Å²) in [5, 5.41) is 0. The maximum Gasteiger partial charge on any atom is 0.352 e. The maximum atomic E-state index is 15.2. The van der Waals surface area contributed by atoms with Crippen LogP contribution in [0.3, 0.4) is 0 Å². The van der Waals surface area contributed by atoms with Gasteiger partial charge in [0.1, 0.15) is 5.44 Å². The SMILES string of the molecule is O=C(OC1CCC[N+]12C1CCCC2CC1)C(OC(Cc1ccccc1)SCCc1ccccc1)(c1ccccc1)c1ccccc1. The molecule has 3 heterocycles. The van der Waals surface area contributed by atoms with Crippen LogP contribution in [0, 0.1) is 0 Å². The minimum atomic E-state index is -1.40. The lowest BCUT2D eigenvalue weighted by molar-refractivity contribution is -0.992. The molecule has 0 amide bonds. The number of rotatable bonds is 12. The molecule has 4 nitrogen and oxygen atoms in total. The van der Waals surface area contributed by atoms with E-state index in [1.54, 1.807) is 11.8 Å². The van der Waals surface area contributed by atoms with Crippen LogP contribution >= 0.6 is 11.8 Å². The minimum Gasteiger partial charge on any atom is -0.410 e. The van der Waals surface area contributed by atoms with Crippen molar-refractivity contribution in [2.75, 3.05) is 12.3 Å². The van der Waals surface area contributed by atoms with E-state index in [1.807, 2.05) is 66.7 Å². The highest BCUT2D eigenvalue weighted by Gasteiger charge is 2.60. The van der Waals surface area contributed by atoms with Gasteiger partial charge in [-0.3, -0.25) is 4.48 Å². The number of thioether (sulfide) groups is 1. The molecule has 3 fully saturated rings. The van der Waals surface area contributed by atoms with Crippen molar-refractivity contribution in [1.82, 2.24) is 0 Å². The quantitative estimate of drug-likeness (QED) is 0.0890. The first-order chi connectivity index (χ1) is 22.7.